The Morgan fingerprint density at radius 3 is 2.47 bits per heavy atom. The molecule has 2 N–H and O–H groups in total. The number of carbonyl (C=O) groups is 4. The van der Waals surface area contributed by atoms with E-state index in [4.69, 9.17) is 37.4 Å². The predicted octanol–water partition coefficient (Wildman–Crippen LogP) is 2.34. The van der Waals surface area contributed by atoms with Crippen LogP contribution in [0.2, 0.25) is 10.0 Å². The van der Waals surface area contributed by atoms with Crippen molar-refractivity contribution >= 4 is 52.7 Å². The fraction of sp³-hybridized carbons (Fsp3) is 0.409. The molecule has 1 aromatic carbocycles. The minimum Gasteiger partial charge on any atom is -0.468 e. The number of methoxy groups -OCH3 is 1. The van der Waals surface area contributed by atoms with E-state index in [0.29, 0.717) is 11.3 Å². The molecular formula is C22H25Cl2N3O7. The molecule has 12 heteroatoms. The van der Waals surface area contributed by atoms with Gasteiger partial charge in [0.15, 0.2) is 0 Å². The van der Waals surface area contributed by atoms with Crippen LogP contribution in [0.15, 0.2) is 34.5 Å². The molecule has 1 aromatic rings. The van der Waals surface area contributed by atoms with Gasteiger partial charge in [0, 0.05) is 18.6 Å². The number of hydrazine groups is 1. The van der Waals surface area contributed by atoms with Gasteiger partial charge in [0.1, 0.15) is 12.5 Å². The van der Waals surface area contributed by atoms with Gasteiger partial charge in [-0.25, -0.2) is 4.79 Å². The molecule has 0 bridgehead atoms. The normalized spacial score (nSPS) is 17.5. The van der Waals surface area contributed by atoms with Crippen LogP contribution in [0.4, 0.5) is 0 Å². The number of ether oxygens (including phenoxy) is 3. The van der Waals surface area contributed by atoms with E-state index in [2.05, 4.69) is 15.8 Å². The van der Waals surface area contributed by atoms with Crippen molar-refractivity contribution in [2.75, 3.05) is 26.9 Å². The van der Waals surface area contributed by atoms with Gasteiger partial charge in [0.25, 0.3) is 5.91 Å². The molecule has 1 aliphatic heterocycles. The van der Waals surface area contributed by atoms with E-state index < -0.39 is 42.2 Å². The van der Waals surface area contributed by atoms with Gasteiger partial charge in [-0.15, -0.1) is 0 Å². The third-order valence-corrected chi connectivity index (χ3v) is 5.67. The van der Waals surface area contributed by atoms with Crippen LogP contribution in [0.3, 0.4) is 0 Å². The smallest absolute Gasteiger partial charge is 0.336 e. The highest BCUT2D eigenvalue weighted by molar-refractivity contribution is 6.42. The number of benzene rings is 1. The first-order valence-electron chi connectivity index (χ1n) is 10.2. The maximum Gasteiger partial charge on any atom is 0.336 e. The molecule has 0 radical (unpaired) electrons. The first-order chi connectivity index (χ1) is 16.1. The standard InChI is InChI=1S/C22H25Cl2N3O7/c1-5-34-22(31)19-15(9-33-10-16(29)27-26-12(3)28)25-11(2)17(21(30)32-4)18(19)13-7-6-8-14(23)20(13)24/h6-8,17-18H,5,9-10H2,1-4H3,(H,26,28)(H,27,29). The van der Waals surface area contributed by atoms with Crippen LogP contribution in [0, 0.1) is 5.92 Å². The maximum atomic E-state index is 13.1. The summed E-state index contributed by atoms with van der Waals surface area (Å²) in [4.78, 5) is 53.0. The second-order valence-electron chi connectivity index (χ2n) is 7.18. The Balaban J connectivity index is 2.53. The Bertz CT molecular complexity index is 1040. The Kier molecular flexibility index (Phi) is 10.0. The van der Waals surface area contributed by atoms with Gasteiger partial charge in [-0.3, -0.25) is 30.2 Å². The molecule has 184 valence electrons. The third kappa shape index (κ3) is 6.55. The van der Waals surface area contributed by atoms with Crippen molar-refractivity contribution in [3.8, 4) is 0 Å². The summed E-state index contributed by atoms with van der Waals surface area (Å²) in [5, 5.41) is 0.396. The summed E-state index contributed by atoms with van der Waals surface area (Å²) in [6.07, 6.45) is 0. The van der Waals surface area contributed by atoms with Crippen molar-refractivity contribution in [1.29, 1.82) is 0 Å². The number of nitrogens with one attached hydrogen (secondary N) is 2. The molecule has 0 aromatic heterocycles. The summed E-state index contributed by atoms with van der Waals surface area (Å²) < 4.78 is 15.6. The van der Waals surface area contributed by atoms with E-state index in [0.717, 1.165) is 0 Å². The predicted molar refractivity (Wildman–Crippen MR) is 124 cm³/mol. The van der Waals surface area contributed by atoms with Crippen LogP contribution in [0.5, 0.6) is 0 Å². The highest BCUT2D eigenvalue weighted by Gasteiger charge is 2.44. The molecule has 0 spiro atoms. The average Bonchev–Trinajstić information content (AvgIpc) is 2.78. The molecule has 0 aliphatic carbocycles. The van der Waals surface area contributed by atoms with Crippen LogP contribution in [0.1, 0.15) is 32.3 Å². The number of aliphatic imine (C=N–C) groups is 1. The number of hydrogen-bond donors (Lipinski definition) is 2. The Morgan fingerprint density at radius 1 is 1.15 bits per heavy atom. The highest BCUT2D eigenvalue weighted by Crippen LogP contribution is 2.44. The first kappa shape index (κ1) is 27.3. The van der Waals surface area contributed by atoms with Crippen molar-refractivity contribution in [3.63, 3.8) is 0 Å². The lowest BCUT2D eigenvalue weighted by Crippen LogP contribution is -2.42. The van der Waals surface area contributed by atoms with Gasteiger partial charge < -0.3 is 14.2 Å². The number of rotatable bonds is 8. The highest BCUT2D eigenvalue weighted by atomic mass is 35.5. The summed E-state index contributed by atoms with van der Waals surface area (Å²) in [6, 6.07) is 4.87. The molecule has 10 nitrogen and oxygen atoms in total. The molecule has 2 rings (SSSR count). The quantitative estimate of drug-likeness (QED) is 0.402. The fourth-order valence-corrected chi connectivity index (χ4v) is 3.88. The largest absolute Gasteiger partial charge is 0.468 e. The molecule has 2 unspecified atom stereocenters. The molecule has 2 amide bonds. The van der Waals surface area contributed by atoms with Gasteiger partial charge in [-0.2, -0.15) is 0 Å². The minimum atomic E-state index is -0.979. The number of esters is 2. The lowest BCUT2D eigenvalue weighted by atomic mass is 9.75. The monoisotopic (exact) mass is 513 g/mol. The number of amides is 2. The average molecular weight is 514 g/mol. The lowest BCUT2D eigenvalue weighted by molar-refractivity contribution is -0.144. The summed E-state index contributed by atoms with van der Waals surface area (Å²) in [6.45, 7) is 3.85. The zero-order chi connectivity index (χ0) is 25.4. The van der Waals surface area contributed by atoms with Gasteiger partial charge >= 0.3 is 11.9 Å². The van der Waals surface area contributed by atoms with Crippen molar-refractivity contribution in [1.82, 2.24) is 10.9 Å². The van der Waals surface area contributed by atoms with Crippen LogP contribution in [-0.2, 0) is 33.4 Å². The summed E-state index contributed by atoms with van der Waals surface area (Å²) in [7, 11) is 1.23. The molecule has 0 fully saturated rings. The fourth-order valence-electron chi connectivity index (χ4n) is 3.46. The second-order valence-corrected chi connectivity index (χ2v) is 7.96. The molecule has 0 saturated heterocycles. The second kappa shape index (κ2) is 12.5. The van der Waals surface area contributed by atoms with Crippen molar-refractivity contribution in [3.05, 3.63) is 45.1 Å². The Labute approximate surface area is 206 Å². The van der Waals surface area contributed by atoms with Crippen LogP contribution >= 0.6 is 23.2 Å². The molecule has 34 heavy (non-hydrogen) atoms. The van der Waals surface area contributed by atoms with Crippen LogP contribution in [-0.4, -0.2) is 56.4 Å². The van der Waals surface area contributed by atoms with E-state index in [1.165, 1.54) is 14.0 Å². The third-order valence-electron chi connectivity index (χ3n) is 4.83. The molecule has 2 atom stereocenters. The van der Waals surface area contributed by atoms with Crippen LogP contribution < -0.4 is 10.9 Å². The zero-order valence-corrected chi connectivity index (χ0v) is 20.6. The van der Waals surface area contributed by atoms with Gasteiger partial charge in [-0.1, -0.05) is 35.3 Å². The molecule has 1 aliphatic rings. The number of carbonyl (C=O) groups excluding carboxylic acids is 4. The van der Waals surface area contributed by atoms with Gasteiger partial charge in [-0.05, 0) is 25.5 Å². The first-order valence-corrected chi connectivity index (χ1v) is 11.0. The van der Waals surface area contributed by atoms with Crippen molar-refractivity contribution in [2.24, 2.45) is 10.9 Å². The van der Waals surface area contributed by atoms with E-state index in [-0.39, 0.29) is 34.5 Å². The summed E-state index contributed by atoms with van der Waals surface area (Å²) in [5.74, 6) is -4.34. The Hall–Kier alpha value is -2.95. The zero-order valence-electron chi connectivity index (χ0n) is 19.1. The topological polar surface area (TPSA) is 132 Å². The summed E-state index contributed by atoms with van der Waals surface area (Å²) >= 11 is 12.7. The van der Waals surface area contributed by atoms with Gasteiger partial charge in [0.2, 0.25) is 5.91 Å². The maximum absolute atomic E-state index is 13.1. The lowest BCUT2D eigenvalue weighted by Gasteiger charge is -2.32. The van der Waals surface area contributed by atoms with E-state index in [1.807, 2.05) is 0 Å². The molecule has 1 heterocycles. The molecular weight excluding hydrogens is 489 g/mol. The minimum absolute atomic E-state index is 0.0364. The van der Waals surface area contributed by atoms with Crippen molar-refractivity contribution in [2.45, 2.75) is 26.7 Å². The SMILES string of the molecule is CCOC(=O)C1=C(COCC(=O)NNC(C)=O)N=C(C)C(C(=O)OC)C1c1cccc(Cl)c1Cl. The number of hydrogen-bond acceptors (Lipinski definition) is 8. The van der Waals surface area contributed by atoms with Gasteiger partial charge in [0.05, 0.1) is 41.6 Å². The number of nitrogens with zero attached hydrogens (tertiary/aromatic N) is 1. The Morgan fingerprint density at radius 2 is 1.85 bits per heavy atom. The van der Waals surface area contributed by atoms with E-state index in [9.17, 15) is 19.2 Å². The van der Waals surface area contributed by atoms with Crippen molar-refractivity contribution < 1.29 is 33.4 Å². The number of halogens is 2. The van der Waals surface area contributed by atoms with Crippen LogP contribution in [0.25, 0.3) is 0 Å². The summed E-state index contributed by atoms with van der Waals surface area (Å²) in [5.41, 5.74) is 5.25. The van der Waals surface area contributed by atoms with E-state index >= 15 is 0 Å². The van der Waals surface area contributed by atoms with E-state index in [1.54, 1.807) is 32.0 Å². The molecule has 0 saturated carbocycles.